The molecule has 1 fully saturated rings. The standard InChI is InChI=1S/C52H48ClN3O7/c1-58-52(57)46(51-55-44(30-54-56-51)40-25-15-6-16-26-40)42-29-41(27-28-43(42)53)47-49(61-33-38-21-11-4-12-22-38)50(62-34-39-23-13-5-14-24-39)48(60-32-37-19-9-3-10-20-37)45(63-47)35-59-31-36-17-7-2-8-18-36/h2-30,45-50H,31-35H2,1H3/t45-,46?,47+,48-,49+,50+/m1/s1. The van der Waals surface area contributed by atoms with Crippen molar-refractivity contribution < 1.29 is 33.2 Å². The van der Waals surface area contributed by atoms with Gasteiger partial charge in [0.15, 0.2) is 5.82 Å². The average molecular weight is 862 g/mol. The van der Waals surface area contributed by atoms with Crippen LogP contribution in [0.5, 0.6) is 0 Å². The van der Waals surface area contributed by atoms with Gasteiger partial charge in [0.05, 0.1) is 52.0 Å². The molecule has 10 nitrogen and oxygen atoms in total. The molecule has 0 amide bonds. The molecule has 0 spiro atoms. The van der Waals surface area contributed by atoms with Crippen LogP contribution < -0.4 is 0 Å². The second-order valence-electron chi connectivity index (χ2n) is 15.2. The van der Waals surface area contributed by atoms with Crippen LogP contribution in [0.25, 0.3) is 11.3 Å². The van der Waals surface area contributed by atoms with Crippen LogP contribution in [0.2, 0.25) is 5.02 Å². The van der Waals surface area contributed by atoms with E-state index in [-0.39, 0.29) is 25.6 Å². The van der Waals surface area contributed by atoms with Crippen molar-refractivity contribution >= 4 is 17.6 Å². The first-order valence-corrected chi connectivity index (χ1v) is 21.3. The predicted octanol–water partition coefficient (Wildman–Crippen LogP) is 9.91. The average Bonchev–Trinajstić information content (AvgIpc) is 3.34. The molecule has 0 N–H and O–H groups in total. The highest BCUT2D eigenvalue weighted by atomic mass is 35.5. The lowest BCUT2D eigenvalue weighted by Crippen LogP contribution is -2.58. The number of nitrogens with zero attached hydrogens (tertiary/aromatic N) is 3. The number of ether oxygens (including phenoxy) is 6. The Morgan fingerprint density at radius 2 is 1.14 bits per heavy atom. The first kappa shape index (κ1) is 43.5. The van der Waals surface area contributed by atoms with E-state index in [1.54, 1.807) is 12.3 Å². The summed E-state index contributed by atoms with van der Waals surface area (Å²) in [6.07, 6.45) is -1.89. The first-order valence-electron chi connectivity index (χ1n) is 20.9. The van der Waals surface area contributed by atoms with E-state index in [1.165, 1.54) is 7.11 Å². The summed E-state index contributed by atoms with van der Waals surface area (Å²) in [5.41, 5.74) is 6.44. The van der Waals surface area contributed by atoms with Crippen molar-refractivity contribution in [3.05, 3.63) is 220 Å². The molecule has 1 unspecified atom stereocenters. The zero-order valence-corrected chi connectivity index (χ0v) is 35.6. The summed E-state index contributed by atoms with van der Waals surface area (Å²) in [6, 6.07) is 55.0. The third-order valence-electron chi connectivity index (χ3n) is 10.9. The lowest BCUT2D eigenvalue weighted by Gasteiger charge is -2.46. The first-order chi connectivity index (χ1) is 31.0. The molecule has 320 valence electrons. The number of methoxy groups -OCH3 is 1. The SMILES string of the molecule is COC(=O)C(c1nncc(-c2ccccc2)n1)c1cc([C@@H]2O[C@H](COCc3ccccc3)[C@@H](OCc3ccccc3)[C@H](OCc3ccccc3)[C@H]2OCc2ccccc2)ccc1Cl. The second kappa shape index (κ2) is 21.8. The van der Waals surface area contributed by atoms with Gasteiger partial charge in [-0.15, -0.1) is 5.10 Å². The summed E-state index contributed by atoms with van der Waals surface area (Å²) in [7, 11) is 1.32. The van der Waals surface area contributed by atoms with Gasteiger partial charge >= 0.3 is 5.97 Å². The van der Waals surface area contributed by atoms with Gasteiger partial charge in [-0.1, -0.05) is 175 Å². The monoisotopic (exact) mass is 861 g/mol. The normalized spacial score (nSPS) is 19.0. The molecular formula is C52H48ClN3O7. The van der Waals surface area contributed by atoms with Crippen molar-refractivity contribution in [1.82, 2.24) is 15.2 Å². The number of carbonyl (C=O) groups is 1. The molecule has 1 saturated heterocycles. The van der Waals surface area contributed by atoms with Crippen LogP contribution in [0.15, 0.2) is 176 Å². The van der Waals surface area contributed by atoms with Gasteiger partial charge < -0.3 is 28.4 Å². The van der Waals surface area contributed by atoms with Crippen LogP contribution in [-0.2, 0) is 59.6 Å². The lowest BCUT2D eigenvalue weighted by molar-refractivity contribution is -0.275. The maximum Gasteiger partial charge on any atom is 0.321 e. The van der Waals surface area contributed by atoms with Crippen LogP contribution >= 0.6 is 11.6 Å². The molecule has 0 aliphatic carbocycles. The number of benzene rings is 6. The topological polar surface area (TPSA) is 111 Å². The Morgan fingerprint density at radius 1 is 0.635 bits per heavy atom. The quantitative estimate of drug-likeness (QED) is 0.0774. The molecule has 1 aliphatic rings. The van der Waals surface area contributed by atoms with E-state index in [4.69, 9.17) is 45.0 Å². The van der Waals surface area contributed by atoms with Crippen LogP contribution in [0, 0.1) is 0 Å². The Kier molecular flexibility index (Phi) is 15.1. The Morgan fingerprint density at radius 3 is 1.70 bits per heavy atom. The highest BCUT2D eigenvalue weighted by molar-refractivity contribution is 6.31. The fourth-order valence-electron chi connectivity index (χ4n) is 7.70. The molecule has 7 aromatic rings. The van der Waals surface area contributed by atoms with Gasteiger partial charge in [-0.05, 0) is 39.4 Å². The van der Waals surface area contributed by atoms with Crippen LogP contribution in [0.1, 0.15) is 51.2 Å². The Hall–Kier alpha value is -6.11. The van der Waals surface area contributed by atoms with Crippen LogP contribution in [0.4, 0.5) is 0 Å². The number of hydrogen-bond acceptors (Lipinski definition) is 10. The van der Waals surface area contributed by atoms with Gasteiger partial charge in [0.2, 0.25) is 0 Å². The minimum Gasteiger partial charge on any atom is -0.468 e. The molecule has 0 radical (unpaired) electrons. The highest BCUT2D eigenvalue weighted by Gasteiger charge is 2.49. The zero-order chi connectivity index (χ0) is 43.2. The van der Waals surface area contributed by atoms with Gasteiger partial charge in [-0.3, -0.25) is 4.79 Å². The van der Waals surface area contributed by atoms with Gasteiger partial charge in [-0.2, -0.15) is 5.10 Å². The number of carbonyl (C=O) groups excluding carboxylic acids is 1. The smallest absolute Gasteiger partial charge is 0.321 e. The van der Waals surface area contributed by atoms with E-state index in [9.17, 15) is 4.79 Å². The number of hydrogen-bond donors (Lipinski definition) is 0. The van der Waals surface area contributed by atoms with E-state index >= 15 is 0 Å². The largest absolute Gasteiger partial charge is 0.468 e. The maximum absolute atomic E-state index is 13.8. The fraction of sp³-hybridized carbons (Fsp3) is 0.231. The maximum atomic E-state index is 13.8. The summed E-state index contributed by atoms with van der Waals surface area (Å²) in [5, 5.41) is 8.89. The lowest BCUT2D eigenvalue weighted by atomic mass is 9.88. The van der Waals surface area contributed by atoms with Crippen molar-refractivity contribution in [2.75, 3.05) is 13.7 Å². The van der Waals surface area contributed by atoms with Gasteiger partial charge in [-0.25, -0.2) is 4.98 Å². The van der Waals surface area contributed by atoms with Crippen LogP contribution in [-0.4, -0.2) is 59.3 Å². The van der Waals surface area contributed by atoms with Crippen molar-refractivity contribution in [2.45, 2.75) is 62.9 Å². The number of aromatic nitrogens is 3. The summed E-state index contributed by atoms with van der Waals surface area (Å²) in [4.78, 5) is 18.6. The van der Waals surface area contributed by atoms with Crippen LogP contribution in [0.3, 0.4) is 0 Å². The van der Waals surface area contributed by atoms with E-state index < -0.39 is 42.4 Å². The van der Waals surface area contributed by atoms with E-state index in [0.29, 0.717) is 35.1 Å². The molecule has 2 heterocycles. The van der Waals surface area contributed by atoms with E-state index in [0.717, 1.165) is 27.8 Å². The van der Waals surface area contributed by atoms with Crippen molar-refractivity contribution in [1.29, 1.82) is 0 Å². The van der Waals surface area contributed by atoms with Gasteiger partial charge in [0.25, 0.3) is 0 Å². The summed E-state index contributed by atoms with van der Waals surface area (Å²) < 4.78 is 39.8. The highest BCUT2D eigenvalue weighted by Crippen LogP contribution is 2.41. The third-order valence-corrected chi connectivity index (χ3v) is 11.2. The molecule has 11 heteroatoms. The minimum absolute atomic E-state index is 0.134. The molecule has 6 aromatic carbocycles. The summed E-state index contributed by atoms with van der Waals surface area (Å²) in [6.45, 7) is 1.38. The molecule has 6 atom stereocenters. The van der Waals surface area contributed by atoms with Crippen molar-refractivity contribution in [3.63, 3.8) is 0 Å². The third kappa shape index (κ3) is 11.3. The Balaban J connectivity index is 1.21. The van der Waals surface area contributed by atoms with Crippen molar-refractivity contribution in [3.8, 4) is 11.3 Å². The molecule has 63 heavy (non-hydrogen) atoms. The number of rotatable bonds is 18. The van der Waals surface area contributed by atoms with Gasteiger partial charge in [0.1, 0.15) is 36.4 Å². The molecule has 1 aliphatic heterocycles. The molecule has 8 rings (SSSR count). The molecular weight excluding hydrogens is 814 g/mol. The second-order valence-corrected chi connectivity index (χ2v) is 15.6. The zero-order valence-electron chi connectivity index (χ0n) is 34.8. The molecule has 0 bridgehead atoms. The fourth-order valence-corrected chi connectivity index (χ4v) is 7.92. The van der Waals surface area contributed by atoms with Crippen molar-refractivity contribution in [2.24, 2.45) is 0 Å². The predicted molar refractivity (Wildman–Crippen MR) is 239 cm³/mol. The molecule has 0 saturated carbocycles. The van der Waals surface area contributed by atoms with Gasteiger partial charge in [0, 0.05) is 10.6 Å². The summed E-state index contributed by atoms with van der Waals surface area (Å²) in [5.74, 6) is -1.59. The molecule has 1 aromatic heterocycles. The Labute approximate surface area is 372 Å². The van der Waals surface area contributed by atoms with E-state index in [2.05, 4.69) is 10.2 Å². The number of esters is 1. The van der Waals surface area contributed by atoms with E-state index in [1.807, 2.05) is 164 Å². The summed E-state index contributed by atoms with van der Waals surface area (Å²) >= 11 is 7.02. The number of halogens is 1. The Bertz CT molecular complexity index is 2490. The minimum atomic E-state index is -1.12.